The first-order chi connectivity index (χ1) is 12.9. The monoisotopic (exact) mass is 389 g/mol. The van der Waals surface area contributed by atoms with Crippen LogP contribution in [0.3, 0.4) is 0 Å². The number of imidazole rings is 1. The normalized spacial score (nSPS) is 24.6. The van der Waals surface area contributed by atoms with E-state index in [1.54, 1.807) is 11.2 Å². The van der Waals surface area contributed by atoms with Crippen LogP contribution in [0.2, 0.25) is 0 Å². The predicted molar refractivity (Wildman–Crippen MR) is 102 cm³/mol. The van der Waals surface area contributed by atoms with Crippen LogP contribution in [0.5, 0.6) is 0 Å². The second-order valence-electron chi connectivity index (χ2n) is 7.15. The van der Waals surface area contributed by atoms with E-state index < -0.39 is 9.84 Å². The first kappa shape index (κ1) is 18.0. The number of aromatic amines is 1. The lowest BCUT2D eigenvalue weighted by Gasteiger charge is -2.43. The van der Waals surface area contributed by atoms with Gasteiger partial charge in [0.25, 0.3) is 0 Å². The molecule has 2 fully saturated rings. The lowest BCUT2D eigenvalue weighted by Crippen LogP contribution is -2.61. The van der Waals surface area contributed by atoms with Gasteiger partial charge < -0.3 is 15.2 Å². The van der Waals surface area contributed by atoms with Crippen LogP contribution in [0.1, 0.15) is 11.4 Å². The number of carbonyl (C=O) groups excluding carboxylic acids is 1. The number of anilines is 1. The van der Waals surface area contributed by atoms with Crippen LogP contribution in [-0.4, -0.2) is 70.9 Å². The molecule has 2 saturated heterocycles. The Kier molecular flexibility index (Phi) is 4.65. The summed E-state index contributed by atoms with van der Waals surface area (Å²) in [7, 11) is -3.18. The minimum Gasteiger partial charge on any atom is -0.348 e. The third-order valence-electron chi connectivity index (χ3n) is 5.36. The fraction of sp³-hybridized carbons (Fsp3) is 0.444. The van der Waals surface area contributed by atoms with E-state index in [1.165, 1.54) is 0 Å². The Morgan fingerprint density at radius 3 is 2.67 bits per heavy atom. The number of rotatable bonds is 3. The zero-order valence-corrected chi connectivity index (χ0v) is 15.9. The Morgan fingerprint density at radius 2 is 1.96 bits per heavy atom. The summed E-state index contributed by atoms with van der Waals surface area (Å²) in [6, 6.07) is 8.42. The van der Waals surface area contributed by atoms with Crippen molar-refractivity contribution < 1.29 is 13.2 Å². The molecule has 0 aliphatic carbocycles. The van der Waals surface area contributed by atoms with Crippen molar-refractivity contribution in [3.8, 4) is 0 Å². The molecule has 9 heteroatoms. The van der Waals surface area contributed by atoms with Gasteiger partial charge >= 0.3 is 6.03 Å². The van der Waals surface area contributed by atoms with Crippen LogP contribution < -0.4 is 5.32 Å². The molecule has 0 spiro atoms. The van der Waals surface area contributed by atoms with Crippen LogP contribution in [0, 0.1) is 6.92 Å². The number of para-hydroxylation sites is 1. The Balaban J connectivity index is 1.53. The smallest absolute Gasteiger partial charge is 0.322 e. The summed E-state index contributed by atoms with van der Waals surface area (Å²) in [5.74, 6) is 0.0895. The molecule has 2 amide bonds. The Bertz CT molecular complexity index is 927. The SMILES string of the molecule is Cc1[nH]cnc1CN1CCN(C(=O)Nc2ccccc2)[C@@H]2CS(=O)(=O)C[C@@H]21. The fourth-order valence-electron chi connectivity index (χ4n) is 3.93. The number of nitrogens with zero attached hydrogens (tertiary/aromatic N) is 3. The van der Waals surface area contributed by atoms with Gasteiger partial charge in [-0.2, -0.15) is 0 Å². The molecule has 2 aliphatic heterocycles. The maximum Gasteiger partial charge on any atom is 0.322 e. The Labute approximate surface area is 158 Å². The molecule has 4 rings (SSSR count). The average molecular weight is 389 g/mol. The van der Waals surface area contributed by atoms with Gasteiger partial charge in [-0.3, -0.25) is 4.90 Å². The highest BCUT2D eigenvalue weighted by molar-refractivity contribution is 7.91. The number of piperazine rings is 1. The minimum absolute atomic E-state index is 0.00985. The van der Waals surface area contributed by atoms with Crippen LogP contribution in [0.4, 0.5) is 10.5 Å². The second kappa shape index (κ2) is 6.97. The standard InChI is InChI=1S/C18H23N5O3S/c1-13-15(20-12-19-13)9-22-7-8-23(17-11-27(25,26)10-16(17)22)18(24)21-14-5-3-2-4-6-14/h2-6,12,16-17H,7-11H2,1H3,(H,19,20)(H,21,24)/t16-,17+/m0/s1. The number of benzene rings is 1. The van der Waals surface area contributed by atoms with Gasteiger partial charge in [-0.1, -0.05) is 18.2 Å². The van der Waals surface area contributed by atoms with E-state index in [9.17, 15) is 13.2 Å². The highest BCUT2D eigenvalue weighted by Gasteiger charge is 2.48. The highest BCUT2D eigenvalue weighted by atomic mass is 32.2. The second-order valence-corrected chi connectivity index (χ2v) is 9.30. The summed E-state index contributed by atoms with van der Waals surface area (Å²) in [4.78, 5) is 24.0. The topological polar surface area (TPSA) is 98.4 Å². The van der Waals surface area contributed by atoms with Crippen molar-refractivity contribution >= 4 is 21.6 Å². The van der Waals surface area contributed by atoms with E-state index in [-0.39, 0.29) is 29.6 Å². The van der Waals surface area contributed by atoms with Crippen LogP contribution in [0.15, 0.2) is 36.7 Å². The zero-order chi connectivity index (χ0) is 19.0. The molecule has 0 saturated carbocycles. The Morgan fingerprint density at radius 1 is 1.22 bits per heavy atom. The predicted octanol–water partition coefficient (Wildman–Crippen LogP) is 1.23. The number of fused-ring (bicyclic) bond motifs is 1. The van der Waals surface area contributed by atoms with Crippen molar-refractivity contribution in [3.05, 3.63) is 48.0 Å². The number of amides is 2. The molecule has 3 heterocycles. The van der Waals surface area contributed by atoms with E-state index in [4.69, 9.17) is 0 Å². The summed E-state index contributed by atoms with van der Waals surface area (Å²) in [5.41, 5.74) is 2.60. The van der Waals surface area contributed by atoms with Gasteiger partial charge in [-0.25, -0.2) is 18.2 Å². The van der Waals surface area contributed by atoms with Gasteiger partial charge in [0.1, 0.15) is 0 Å². The molecule has 144 valence electrons. The summed E-state index contributed by atoms with van der Waals surface area (Å²) < 4.78 is 24.7. The summed E-state index contributed by atoms with van der Waals surface area (Å²) in [5, 5.41) is 2.88. The third-order valence-corrected chi connectivity index (χ3v) is 7.06. The van der Waals surface area contributed by atoms with Crippen LogP contribution in [0.25, 0.3) is 0 Å². The molecular weight excluding hydrogens is 366 g/mol. The highest BCUT2D eigenvalue weighted by Crippen LogP contribution is 2.28. The van der Waals surface area contributed by atoms with Crippen molar-refractivity contribution in [1.29, 1.82) is 0 Å². The number of aromatic nitrogens is 2. The van der Waals surface area contributed by atoms with Crippen molar-refractivity contribution in [3.63, 3.8) is 0 Å². The van der Waals surface area contributed by atoms with Gasteiger partial charge in [0.2, 0.25) is 0 Å². The number of nitrogens with one attached hydrogen (secondary N) is 2. The quantitative estimate of drug-likeness (QED) is 0.823. The van der Waals surface area contributed by atoms with Gasteiger partial charge in [0, 0.05) is 37.1 Å². The first-order valence-corrected chi connectivity index (χ1v) is 10.8. The Hall–Kier alpha value is -2.39. The molecule has 2 atom stereocenters. The molecule has 1 aromatic carbocycles. The average Bonchev–Trinajstić information content (AvgIpc) is 3.18. The van der Waals surface area contributed by atoms with Crippen molar-refractivity contribution in [2.75, 3.05) is 29.9 Å². The van der Waals surface area contributed by atoms with Crippen molar-refractivity contribution in [2.45, 2.75) is 25.6 Å². The molecule has 2 aromatic rings. The number of hydrogen-bond donors (Lipinski definition) is 2. The summed E-state index contributed by atoms with van der Waals surface area (Å²) in [6.45, 7) is 3.64. The molecule has 0 bridgehead atoms. The van der Waals surface area contributed by atoms with Crippen molar-refractivity contribution in [1.82, 2.24) is 19.8 Å². The van der Waals surface area contributed by atoms with Crippen LogP contribution >= 0.6 is 0 Å². The summed E-state index contributed by atoms with van der Waals surface area (Å²) >= 11 is 0. The van der Waals surface area contributed by atoms with Gasteiger partial charge in [-0.15, -0.1) is 0 Å². The van der Waals surface area contributed by atoms with Crippen molar-refractivity contribution in [2.24, 2.45) is 0 Å². The number of H-pyrrole nitrogens is 1. The van der Waals surface area contributed by atoms with Gasteiger partial charge in [-0.05, 0) is 19.1 Å². The third kappa shape index (κ3) is 3.70. The van der Waals surface area contributed by atoms with Crippen LogP contribution in [-0.2, 0) is 16.4 Å². The van der Waals surface area contributed by atoms with E-state index in [0.717, 1.165) is 11.4 Å². The number of sulfone groups is 1. The van der Waals surface area contributed by atoms with E-state index in [2.05, 4.69) is 20.2 Å². The number of hydrogen-bond acceptors (Lipinski definition) is 5. The molecule has 0 unspecified atom stereocenters. The molecule has 1 aromatic heterocycles. The largest absolute Gasteiger partial charge is 0.348 e. The van der Waals surface area contributed by atoms with Gasteiger partial charge in [0.05, 0.1) is 29.6 Å². The summed E-state index contributed by atoms with van der Waals surface area (Å²) in [6.07, 6.45) is 1.65. The number of carbonyl (C=O) groups is 1. The molecule has 2 aliphatic rings. The molecule has 2 N–H and O–H groups in total. The lowest BCUT2D eigenvalue weighted by molar-refractivity contribution is 0.0643. The van der Waals surface area contributed by atoms with Gasteiger partial charge in [0.15, 0.2) is 9.84 Å². The van der Waals surface area contributed by atoms with E-state index >= 15 is 0 Å². The van der Waals surface area contributed by atoms with E-state index in [0.29, 0.717) is 25.3 Å². The molecule has 0 radical (unpaired) electrons. The maximum atomic E-state index is 12.8. The van der Waals surface area contributed by atoms with E-state index in [1.807, 2.05) is 37.3 Å². The molecule has 27 heavy (non-hydrogen) atoms. The zero-order valence-electron chi connectivity index (χ0n) is 15.1. The first-order valence-electron chi connectivity index (χ1n) is 8.99. The molecular formula is C18H23N5O3S. The lowest BCUT2D eigenvalue weighted by atomic mass is 10.0. The minimum atomic E-state index is -3.18. The number of urea groups is 1. The number of aryl methyl sites for hydroxylation is 1. The maximum absolute atomic E-state index is 12.8. The fourth-order valence-corrected chi connectivity index (χ4v) is 5.94. The molecule has 8 nitrogen and oxygen atoms in total.